The molecule has 0 aromatic rings. The van der Waals surface area contributed by atoms with Crippen LogP contribution in [-0.4, -0.2) is 37.2 Å². The van der Waals surface area contributed by atoms with Crippen LogP contribution in [0.5, 0.6) is 0 Å². The summed E-state index contributed by atoms with van der Waals surface area (Å²) in [6.07, 6.45) is 8.66. The van der Waals surface area contributed by atoms with Crippen LogP contribution in [0.4, 0.5) is 0 Å². The first-order valence-corrected chi connectivity index (χ1v) is 7.53. The normalized spacial score (nSPS) is 25.0. The highest BCUT2D eigenvalue weighted by atomic mass is 32.2. The zero-order valence-corrected chi connectivity index (χ0v) is 11.8. The second kappa shape index (κ2) is 7.77. The van der Waals surface area contributed by atoms with Crippen LogP contribution in [0, 0.1) is 0 Å². The van der Waals surface area contributed by atoms with E-state index in [2.05, 4.69) is 11.6 Å². The Balaban J connectivity index is 2.31. The highest BCUT2D eigenvalue weighted by Gasteiger charge is 2.22. The molecule has 0 aromatic carbocycles. The average molecular weight is 257 g/mol. The van der Waals surface area contributed by atoms with Crippen LogP contribution in [0.2, 0.25) is 0 Å². The molecular weight excluding hydrogens is 234 g/mol. The number of thioether (sulfide) groups is 1. The molecule has 1 N–H and O–H groups in total. The van der Waals surface area contributed by atoms with E-state index >= 15 is 0 Å². The molecule has 0 saturated heterocycles. The van der Waals surface area contributed by atoms with Gasteiger partial charge in [-0.2, -0.15) is 11.8 Å². The summed E-state index contributed by atoms with van der Waals surface area (Å²) in [5, 5.41) is 4.30. The van der Waals surface area contributed by atoms with Gasteiger partial charge in [0.25, 0.3) is 0 Å². The third-order valence-corrected chi connectivity index (χ3v) is 4.40. The predicted octanol–water partition coefficient (Wildman–Crippen LogP) is 2.37. The largest absolute Gasteiger partial charge is 0.466 e. The molecule has 1 aliphatic rings. The van der Waals surface area contributed by atoms with Crippen LogP contribution in [-0.2, 0) is 9.53 Å². The minimum atomic E-state index is -0.206. The molecule has 0 radical (unpaired) electrons. The number of rotatable bonds is 6. The summed E-state index contributed by atoms with van der Waals surface area (Å²) < 4.78 is 4.72. The maximum absolute atomic E-state index is 11.3. The fraction of sp³-hybridized carbons (Fsp3) is 0.769. The Labute approximate surface area is 108 Å². The van der Waals surface area contributed by atoms with Crippen molar-refractivity contribution in [2.75, 3.05) is 19.9 Å². The highest BCUT2D eigenvalue weighted by molar-refractivity contribution is 7.99. The van der Waals surface area contributed by atoms with Gasteiger partial charge in [0, 0.05) is 23.4 Å². The van der Waals surface area contributed by atoms with Crippen LogP contribution < -0.4 is 5.32 Å². The van der Waals surface area contributed by atoms with E-state index < -0.39 is 0 Å². The molecular formula is C13H23NO2S. The van der Waals surface area contributed by atoms with Crippen molar-refractivity contribution in [1.29, 1.82) is 0 Å². The summed E-state index contributed by atoms with van der Waals surface area (Å²) in [6.45, 7) is 2.74. The topological polar surface area (TPSA) is 38.3 Å². The summed E-state index contributed by atoms with van der Waals surface area (Å²) in [7, 11) is 1.43. The first-order valence-electron chi connectivity index (χ1n) is 6.24. The second-order valence-electron chi connectivity index (χ2n) is 4.35. The molecule has 0 heterocycles. The lowest BCUT2D eigenvalue weighted by Gasteiger charge is -2.11. The lowest BCUT2D eigenvalue weighted by atomic mass is 10.2. The molecule has 0 amide bonds. The average Bonchev–Trinajstić information content (AvgIpc) is 2.81. The van der Waals surface area contributed by atoms with Crippen LogP contribution >= 0.6 is 11.8 Å². The second-order valence-corrected chi connectivity index (χ2v) is 5.49. The fourth-order valence-electron chi connectivity index (χ4n) is 2.19. The van der Waals surface area contributed by atoms with Gasteiger partial charge in [0.1, 0.15) is 0 Å². The lowest BCUT2D eigenvalue weighted by molar-refractivity contribution is -0.136. The van der Waals surface area contributed by atoms with E-state index in [9.17, 15) is 4.79 Å². The number of hydrogen-bond acceptors (Lipinski definition) is 4. The van der Waals surface area contributed by atoms with Gasteiger partial charge in [-0.05, 0) is 31.9 Å². The van der Waals surface area contributed by atoms with Crippen molar-refractivity contribution in [2.24, 2.45) is 0 Å². The maximum Gasteiger partial charge on any atom is 0.333 e. The minimum absolute atomic E-state index is 0.206. The van der Waals surface area contributed by atoms with Crippen molar-refractivity contribution in [3.63, 3.8) is 0 Å². The molecule has 2 unspecified atom stereocenters. The summed E-state index contributed by atoms with van der Waals surface area (Å²) in [4.78, 5) is 11.3. The SMILES string of the molecule is CCC(=CCNC1CCC(SC)C1)C(=O)OC. The Morgan fingerprint density at radius 2 is 2.29 bits per heavy atom. The summed E-state index contributed by atoms with van der Waals surface area (Å²) >= 11 is 1.96. The quantitative estimate of drug-likeness (QED) is 0.585. The molecule has 3 nitrogen and oxygen atoms in total. The van der Waals surface area contributed by atoms with Crippen molar-refractivity contribution in [3.8, 4) is 0 Å². The molecule has 1 saturated carbocycles. The Kier molecular flexibility index (Phi) is 6.66. The van der Waals surface area contributed by atoms with Gasteiger partial charge >= 0.3 is 5.97 Å². The number of methoxy groups -OCH3 is 1. The van der Waals surface area contributed by atoms with Gasteiger partial charge in [-0.1, -0.05) is 13.0 Å². The number of nitrogens with one attached hydrogen (secondary N) is 1. The first-order chi connectivity index (χ1) is 8.21. The van der Waals surface area contributed by atoms with Gasteiger partial charge in [-0.15, -0.1) is 0 Å². The molecule has 0 spiro atoms. The zero-order chi connectivity index (χ0) is 12.7. The van der Waals surface area contributed by atoms with Crippen LogP contribution in [0.15, 0.2) is 11.6 Å². The van der Waals surface area contributed by atoms with E-state index in [0.29, 0.717) is 6.04 Å². The molecule has 17 heavy (non-hydrogen) atoms. The van der Waals surface area contributed by atoms with E-state index in [1.54, 1.807) is 0 Å². The molecule has 98 valence electrons. The number of ether oxygens (including phenoxy) is 1. The minimum Gasteiger partial charge on any atom is -0.466 e. The number of hydrogen-bond donors (Lipinski definition) is 1. The van der Waals surface area contributed by atoms with E-state index in [0.717, 1.165) is 23.8 Å². The number of carbonyl (C=O) groups is 1. The van der Waals surface area contributed by atoms with Gasteiger partial charge in [0.2, 0.25) is 0 Å². The molecule has 2 atom stereocenters. The van der Waals surface area contributed by atoms with Crippen LogP contribution in [0.25, 0.3) is 0 Å². The summed E-state index contributed by atoms with van der Waals surface area (Å²) in [6, 6.07) is 0.611. The van der Waals surface area contributed by atoms with Crippen LogP contribution in [0.1, 0.15) is 32.6 Å². The third kappa shape index (κ3) is 4.72. The van der Waals surface area contributed by atoms with E-state index in [4.69, 9.17) is 4.74 Å². The van der Waals surface area contributed by atoms with E-state index in [1.165, 1.54) is 26.4 Å². The molecule has 1 rings (SSSR count). The third-order valence-electron chi connectivity index (χ3n) is 3.30. The Morgan fingerprint density at radius 1 is 1.53 bits per heavy atom. The van der Waals surface area contributed by atoms with E-state index in [-0.39, 0.29) is 5.97 Å². The molecule has 1 fully saturated rings. The highest BCUT2D eigenvalue weighted by Crippen LogP contribution is 2.27. The molecule has 0 aliphatic heterocycles. The molecule has 1 aliphatic carbocycles. The van der Waals surface area contributed by atoms with Gasteiger partial charge in [-0.25, -0.2) is 4.79 Å². The molecule has 0 bridgehead atoms. The Morgan fingerprint density at radius 3 is 2.82 bits per heavy atom. The number of esters is 1. The maximum atomic E-state index is 11.3. The summed E-state index contributed by atoms with van der Waals surface area (Å²) in [5.41, 5.74) is 0.763. The standard InChI is InChI=1S/C13H23NO2S/c1-4-10(13(15)16-2)7-8-14-11-5-6-12(9-11)17-3/h7,11-12,14H,4-6,8-9H2,1-3H3. The van der Waals surface area contributed by atoms with Crippen molar-refractivity contribution >= 4 is 17.7 Å². The van der Waals surface area contributed by atoms with Gasteiger partial charge in [0.05, 0.1) is 7.11 Å². The van der Waals surface area contributed by atoms with Gasteiger partial charge < -0.3 is 10.1 Å². The van der Waals surface area contributed by atoms with Crippen LogP contribution in [0.3, 0.4) is 0 Å². The van der Waals surface area contributed by atoms with Crippen molar-refractivity contribution in [3.05, 3.63) is 11.6 Å². The first kappa shape index (κ1) is 14.6. The zero-order valence-electron chi connectivity index (χ0n) is 11.0. The predicted molar refractivity (Wildman–Crippen MR) is 73.3 cm³/mol. The summed E-state index contributed by atoms with van der Waals surface area (Å²) in [5.74, 6) is -0.206. The molecule has 4 heteroatoms. The fourth-order valence-corrected chi connectivity index (χ4v) is 2.99. The van der Waals surface area contributed by atoms with E-state index in [1.807, 2.05) is 24.8 Å². The molecule has 0 aromatic heterocycles. The van der Waals surface area contributed by atoms with Gasteiger partial charge in [-0.3, -0.25) is 0 Å². The Hall–Kier alpha value is -0.480. The smallest absolute Gasteiger partial charge is 0.333 e. The van der Waals surface area contributed by atoms with Crippen molar-refractivity contribution in [1.82, 2.24) is 5.32 Å². The van der Waals surface area contributed by atoms with Gasteiger partial charge in [0.15, 0.2) is 0 Å². The monoisotopic (exact) mass is 257 g/mol. The Bertz CT molecular complexity index is 279. The number of carbonyl (C=O) groups excluding carboxylic acids is 1. The van der Waals surface area contributed by atoms with Crippen molar-refractivity contribution < 1.29 is 9.53 Å². The lowest BCUT2D eigenvalue weighted by Crippen LogP contribution is -2.27. The van der Waals surface area contributed by atoms with Crippen molar-refractivity contribution in [2.45, 2.75) is 43.9 Å².